The zero-order valence-electron chi connectivity index (χ0n) is 7.88. The first kappa shape index (κ1) is 9.45. The van der Waals surface area contributed by atoms with Gasteiger partial charge in [0.2, 0.25) is 0 Å². The molecule has 2 heterocycles. The summed E-state index contributed by atoms with van der Waals surface area (Å²) in [6, 6.07) is 0. The van der Waals surface area contributed by atoms with Crippen molar-refractivity contribution >= 4 is 22.4 Å². The highest BCUT2D eigenvalue weighted by molar-refractivity contribution is 7.13. The lowest BCUT2D eigenvalue weighted by Crippen LogP contribution is -2.51. The molecule has 1 saturated heterocycles. The van der Waals surface area contributed by atoms with Crippen molar-refractivity contribution in [1.82, 2.24) is 4.98 Å². The van der Waals surface area contributed by atoms with E-state index in [1.807, 2.05) is 5.38 Å². The number of carboxylic acids is 1. The molecule has 0 saturated carbocycles. The number of thiazole rings is 1. The summed E-state index contributed by atoms with van der Waals surface area (Å²) in [5.74, 6) is -0.670. The Labute approximate surface area is 86.2 Å². The van der Waals surface area contributed by atoms with Crippen LogP contribution in [0.25, 0.3) is 0 Å². The summed E-state index contributed by atoms with van der Waals surface area (Å²) in [6.07, 6.45) is 1.77. The molecule has 1 unspecified atom stereocenters. The van der Waals surface area contributed by atoms with Crippen molar-refractivity contribution in [3.8, 4) is 0 Å². The van der Waals surface area contributed by atoms with Crippen LogP contribution in [0.1, 0.15) is 6.92 Å². The first-order chi connectivity index (χ1) is 6.68. The Bertz CT molecular complexity index is 320. The Hall–Kier alpha value is -1.10. The average Bonchev–Trinajstić information content (AvgIpc) is 2.54. The molecule has 1 aliphatic rings. The molecular weight excluding hydrogens is 200 g/mol. The van der Waals surface area contributed by atoms with E-state index in [0.29, 0.717) is 0 Å². The molecule has 1 N–H and O–H groups in total. The van der Waals surface area contributed by atoms with E-state index in [1.54, 1.807) is 24.5 Å². The number of nitrogens with zero attached hydrogens (tertiary/aromatic N) is 2. The van der Waals surface area contributed by atoms with E-state index >= 15 is 0 Å². The maximum atomic E-state index is 10.7. The molecular formula is C9H12N2O2S. The van der Waals surface area contributed by atoms with Crippen molar-refractivity contribution in [2.45, 2.75) is 6.92 Å². The molecule has 1 aliphatic heterocycles. The quantitative estimate of drug-likeness (QED) is 0.820. The minimum absolute atomic E-state index is 0.244. The summed E-state index contributed by atoms with van der Waals surface area (Å²) >= 11 is 1.60. The SMILES string of the molecule is CC(C(=O)O)C1CN(c2nccs2)C1. The molecule has 0 amide bonds. The number of hydrogen-bond acceptors (Lipinski definition) is 4. The third-order valence-corrected chi connectivity index (χ3v) is 3.53. The summed E-state index contributed by atoms with van der Waals surface area (Å²) < 4.78 is 0. The van der Waals surface area contributed by atoms with Crippen LogP contribution in [-0.2, 0) is 4.79 Å². The van der Waals surface area contributed by atoms with Crippen molar-refractivity contribution in [3.63, 3.8) is 0 Å². The van der Waals surface area contributed by atoms with Gasteiger partial charge in [-0.2, -0.15) is 0 Å². The number of carboxylic acid groups (broad SMARTS) is 1. The molecule has 14 heavy (non-hydrogen) atoms. The highest BCUT2D eigenvalue weighted by atomic mass is 32.1. The number of rotatable bonds is 3. The summed E-state index contributed by atoms with van der Waals surface area (Å²) in [5.41, 5.74) is 0. The highest BCUT2D eigenvalue weighted by Gasteiger charge is 2.35. The maximum Gasteiger partial charge on any atom is 0.306 e. The molecule has 4 nitrogen and oxygen atoms in total. The van der Waals surface area contributed by atoms with E-state index in [-0.39, 0.29) is 11.8 Å². The standard InChI is InChI=1S/C9H12N2O2S/c1-6(8(12)13)7-4-11(5-7)9-10-2-3-14-9/h2-3,6-7H,4-5H2,1H3,(H,12,13). The van der Waals surface area contributed by atoms with E-state index < -0.39 is 5.97 Å². The Morgan fingerprint density at radius 3 is 3.00 bits per heavy atom. The normalized spacial score (nSPS) is 19.1. The Kier molecular flexibility index (Phi) is 2.41. The van der Waals surface area contributed by atoms with E-state index in [9.17, 15) is 4.79 Å². The van der Waals surface area contributed by atoms with Gasteiger partial charge in [-0.3, -0.25) is 4.79 Å². The van der Waals surface area contributed by atoms with Crippen molar-refractivity contribution in [2.24, 2.45) is 11.8 Å². The van der Waals surface area contributed by atoms with E-state index in [1.165, 1.54) is 0 Å². The second-order valence-electron chi connectivity index (χ2n) is 3.61. The largest absolute Gasteiger partial charge is 0.481 e. The van der Waals surface area contributed by atoms with Gasteiger partial charge in [0.05, 0.1) is 5.92 Å². The van der Waals surface area contributed by atoms with Crippen LogP contribution >= 0.6 is 11.3 Å². The van der Waals surface area contributed by atoms with E-state index in [2.05, 4.69) is 9.88 Å². The van der Waals surface area contributed by atoms with Crippen LogP contribution in [0.15, 0.2) is 11.6 Å². The van der Waals surface area contributed by atoms with Gasteiger partial charge in [0.15, 0.2) is 5.13 Å². The molecule has 1 fully saturated rings. The fourth-order valence-electron chi connectivity index (χ4n) is 1.56. The van der Waals surface area contributed by atoms with E-state index in [0.717, 1.165) is 18.2 Å². The lowest BCUT2D eigenvalue weighted by atomic mass is 9.87. The van der Waals surface area contributed by atoms with Gasteiger partial charge in [0.25, 0.3) is 0 Å². The minimum Gasteiger partial charge on any atom is -0.481 e. The molecule has 76 valence electrons. The second kappa shape index (κ2) is 3.57. The van der Waals surface area contributed by atoms with Gasteiger partial charge in [-0.15, -0.1) is 11.3 Å². The average molecular weight is 212 g/mol. The molecule has 1 atom stereocenters. The third kappa shape index (κ3) is 1.59. The molecule has 5 heteroatoms. The Morgan fingerprint density at radius 2 is 2.50 bits per heavy atom. The Morgan fingerprint density at radius 1 is 1.79 bits per heavy atom. The molecule has 0 radical (unpaired) electrons. The fraction of sp³-hybridized carbons (Fsp3) is 0.556. The second-order valence-corrected chi connectivity index (χ2v) is 4.48. The van der Waals surface area contributed by atoms with Gasteiger partial charge < -0.3 is 10.0 Å². The third-order valence-electron chi connectivity index (χ3n) is 2.70. The van der Waals surface area contributed by atoms with Crippen molar-refractivity contribution in [2.75, 3.05) is 18.0 Å². The molecule has 1 aromatic heterocycles. The predicted molar refractivity (Wildman–Crippen MR) is 54.6 cm³/mol. The van der Waals surface area contributed by atoms with Crippen molar-refractivity contribution < 1.29 is 9.90 Å². The molecule has 0 aromatic carbocycles. The monoisotopic (exact) mass is 212 g/mol. The van der Waals surface area contributed by atoms with Crippen LogP contribution in [0.3, 0.4) is 0 Å². The highest BCUT2D eigenvalue weighted by Crippen LogP contribution is 2.30. The number of anilines is 1. The van der Waals surface area contributed by atoms with Crippen LogP contribution in [0.4, 0.5) is 5.13 Å². The zero-order chi connectivity index (χ0) is 10.1. The first-order valence-corrected chi connectivity index (χ1v) is 5.43. The molecule has 0 bridgehead atoms. The minimum atomic E-state index is -0.700. The van der Waals surface area contributed by atoms with Gasteiger partial charge in [0, 0.05) is 30.6 Å². The van der Waals surface area contributed by atoms with E-state index in [4.69, 9.17) is 5.11 Å². The fourth-order valence-corrected chi connectivity index (χ4v) is 2.22. The Balaban J connectivity index is 1.88. The maximum absolute atomic E-state index is 10.7. The summed E-state index contributed by atoms with van der Waals surface area (Å²) in [6.45, 7) is 3.41. The molecule has 0 aliphatic carbocycles. The van der Waals surface area contributed by atoms with Gasteiger partial charge in [-0.05, 0) is 0 Å². The predicted octanol–water partition coefficient (Wildman–Crippen LogP) is 1.30. The van der Waals surface area contributed by atoms with Crippen molar-refractivity contribution in [1.29, 1.82) is 0 Å². The molecule has 1 aromatic rings. The summed E-state index contributed by atoms with van der Waals surface area (Å²) in [5, 5.41) is 11.7. The van der Waals surface area contributed by atoms with Crippen LogP contribution in [0.5, 0.6) is 0 Å². The van der Waals surface area contributed by atoms with Crippen LogP contribution in [0, 0.1) is 11.8 Å². The zero-order valence-corrected chi connectivity index (χ0v) is 8.70. The topological polar surface area (TPSA) is 53.4 Å². The first-order valence-electron chi connectivity index (χ1n) is 4.55. The lowest BCUT2D eigenvalue weighted by Gasteiger charge is -2.41. The molecule has 2 rings (SSSR count). The smallest absolute Gasteiger partial charge is 0.306 e. The summed E-state index contributed by atoms with van der Waals surface area (Å²) in [7, 11) is 0. The number of aliphatic carboxylic acids is 1. The van der Waals surface area contributed by atoms with Crippen LogP contribution in [-0.4, -0.2) is 29.1 Å². The van der Waals surface area contributed by atoms with Gasteiger partial charge in [-0.1, -0.05) is 6.92 Å². The lowest BCUT2D eigenvalue weighted by molar-refractivity contribution is -0.143. The summed E-state index contributed by atoms with van der Waals surface area (Å²) in [4.78, 5) is 17.0. The van der Waals surface area contributed by atoms with Crippen LogP contribution < -0.4 is 4.90 Å². The number of carbonyl (C=O) groups is 1. The molecule has 0 spiro atoms. The number of hydrogen-bond donors (Lipinski definition) is 1. The van der Waals surface area contributed by atoms with Gasteiger partial charge >= 0.3 is 5.97 Å². The number of aromatic nitrogens is 1. The van der Waals surface area contributed by atoms with Gasteiger partial charge in [-0.25, -0.2) is 4.98 Å². The van der Waals surface area contributed by atoms with Crippen LogP contribution in [0.2, 0.25) is 0 Å². The van der Waals surface area contributed by atoms with Crippen molar-refractivity contribution in [3.05, 3.63) is 11.6 Å². The van der Waals surface area contributed by atoms with Gasteiger partial charge in [0.1, 0.15) is 0 Å².